The molecule has 1 heterocycles. The number of pyridine rings is 1. The van der Waals surface area contributed by atoms with Gasteiger partial charge in [-0.25, -0.2) is 0 Å². The molecule has 0 radical (unpaired) electrons. The molecule has 0 aliphatic carbocycles. The van der Waals surface area contributed by atoms with Crippen LogP contribution in [0, 0.1) is 0 Å². The van der Waals surface area contributed by atoms with Crippen molar-refractivity contribution in [1.29, 1.82) is 0 Å². The fraction of sp³-hybridized carbons (Fsp3) is 0.583. The summed E-state index contributed by atoms with van der Waals surface area (Å²) >= 11 is 0. The van der Waals surface area contributed by atoms with Gasteiger partial charge in [-0.15, -0.1) is 0 Å². The highest BCUT2D eigenvalue weighted by molar-refractivity contribution is 5.22. The highest BCUT2D eigenvalue weighted by Gasteiger charge is 1.97. The van der Waals surface area contributed by atoms with E-state index in [4.69, 9.17) is 9.47 Å². The zero-order valence-corrected chi connectivity index (χ0v) is 10.3. The third kappa shape index (κ3) is 5.09. The molecule has 0 unspecified atom stereocenters. The molecule has 0 atom stereocenters. The van der Waals surface area contributed by atoms with Crippen LogP contribution in [0.2, 0.25) is 0 Å². The quantitative estimate of drug-likeness (QED) is 0.658. The largest absolute Gasteiger partial charge is 0.495 e. The lowest BCUT2D eigenvalue weighted by Crippen LogP contribution is -2.14. The van der Waals surface area contributed by atoms with Gasteiger partial charge in [0.1, 0.15) is 5.75 Å². The normalized spacial score (nSPS) is 10.8. The van der Waals surface area contributed by atoms with Crippen LogP contribution in [-0.2, 0) is 11.3 Å². The molecular weight excluding hydrogens is 204 g/mol. The van der Waals surface area contributed by atoms with E-state index in [0.29, 0.717) is 6.61 Å². The Morgan fingerprint density at radius 3 is 2.81 bits per heavy atom. The van der Waals surface area contributed by atoms with Crippen LogP contribution < -0.4 is 4.74 Å². The lowest BCUT2D eigenvalue weighted by Gasteiger charge is -2.09. The molecule has 1 aromatic heterocycles. The third-order valence-corrected chi connectivity index (χ3v) is 2.17. The molecule has 0 aromatic carbocycles. The van der Waals surface area contributed by atoms with Gasteiger partial charge in [0.2, 0.25) is 0 Å². The summed E-state index contributed by atoms with van der Waals surface area (Å²) in [5.74, 6) is 0.773. The Kier molecular flexibility index (Phi) is 5.82. The van der Waals surface area contributed by atoms with Crippen LogP contribution in [-0.4, -0.2) is 44.2 Å². The molecule has 0 fully saturated rings. The van der Waals surface area contributed by atoms with Gasteiger partial charge in [0.15, 0.2) is 0 Å². The first kappa shape index (κ1) is 12.9. The van der Waals surface area contributed by atoms with E-state index in [1.165, 1.54) is 0 Å². The molecule has 90 valence electrons. The average Bonchev–Trinajstić information content (AvgIpc) is 2.28. The molecule has 0 N–H and O–H groups in total. The fourth-order valence-corrected chi connectivity index (χ4v) is 1.33. The van der Waals surface area contributed by atoms with Gasteiger partial charge in [-0.05, 0) is 38.7 Å². The lowest BCUT2D eigenvalue weighted by molar-refractivity contribution is 0.113. The highest BCUT2D eigenvalue weighted by Crippen LogP contribution is 2.10. The predicted octanol–water partition coefficient (Wildman–Crippen LogP) is 1.56. The van der Waals surface area contributed by atoms with Crippen LogP contribution in [0.4, 0.5) is 0 Å². The summed E-state index contributed by atoms with van der Waals surface area (Å²) in [7, 11) is 5.76. The van der Waals surface area contributed by atoms with E-state index in [9.17, 15) is 0 Å². The van der Waals surface area contributed by atoms with Crippen molar-refractivity contribution in [3.8, 4) is 5.75 Å². The van der Waals surface area contributed by atoms with Gasteiger partial charge >= 0.3 is 0 Å². The monoisotopic (exact) mass is 224 g/mol. The third-order valence-electron chi connectivity index (χ3n) is 2.17. The minimum absolute atomic E-state index is 0.595. The van der Waals surface area contributed by atoms with Crippen molar-refractivity contribution in [3.63, 3.8) is 0 Å². The molecule has 0 saturated carbocycles. The first-order chi connectivity index (χ1) is 7.72. The maximum Gasteiger partial charge on any atom is 0.137 e. The van der Waals surface area contributed by atoms with Crippen LogP contribution in [0.1, 0.15) is 12.0 Å². The highest BCUT2D eigenvalue weighted by atomic mass is 16.5. The van der Waals surface area contributed by atoms with Crippen molar-refractivity contribution in [3.05, 3.63) is 24.0 Å². The maximum absolute atomic E-state index is 5.55. The summed E-state index contributed by atoms with van der Waals surface area (Å²) in [6.07, 6.45) is 4.54. The Morgan fingerprint density at radius 2 is 2.12 bits per heavy atom. The number of methoxy groups -OCH3 is 1. The minimum Gasteiger partial charge on any atom is -0.495 e. The van der Waals surface area contributed by atoms with Crippen LogP contribution in [0.15, 0.2) is 18.5 Å². The van der Waals surface area contributed by atoms with Crippen molar-refractivity contribution in [2.45, 2.75) is 13.0 Å². The first-order valence-corrected chi connectivity index (χ1v) is 5.43. The van der Waals surface area contributed by atoms with Crippen molar-refractivity contribution in [1.82, 2.24) is 9.88 Å². The van der Waals surface area contributed by atoms with E-state index in [-0.39, 0.29) is 0 Å². The van der Waals surface area contributed by atoms with Gasteiger partial charge in [0, 0.05) is 12.8 Å². The average molecular weight is 224 g/mol. The number of hydrogen-bond acceptors (Lipinski definition) is 4. The topological polar surface area (TPSA) is 34.6 Å². The minimum atomic E-state index is 0.595. The molecule has 1 aromatic rings. The molecule has 4 nitrogen and oxygen atoms in total. The van der Waals surface area contributed by atoms with Crippen molar-refractivity contribution >= 4 is 0 Å². The summed E-state index contributed by atoms with van der Waals surface area (Å²) in [5, 5.41) is 0. The summed E-state index contributed by atoms with van der Waals surface area (Å²) in [6.45, 7) is 2.42. The van der Waals surface area contributed by atoms with Gasteiger partial charge in [-0.2, -0.15) is 0 Å². The molecule has 0 bridgehead atoms. The van der Waals surface area contributed by atoms with E-state index < -0.39 is 0 Å². The zero-order valence-electron chi connectivity index (χ0n) is 10.3. The van der Waals surface area contributed by atoms with Crippen molar-refractivity contribution in [2.24, 2.45) is 0 Å². The molecule has 4 heteroatoms. The number of ether oxygens (including phenoxy) is 2. The molecule has 0 amide bonds. The zero-order chi connectivity index (χ0) is 11.8. The van der Waals surface area contributed by atoms with Crippen molar-refractivity contribution in [2.75, 3.05) is 34.4 Å². The predicted molar refractivity (Wildman–Crippen MR) is 63.6 cm³/mol. The molecule has 0 aliphatic rings. The van der Waals surface area contributed by atoms with Crippen LogP contribution in [0.5, 0.6) is 5.75 Å². The van der Waals surface area contributed by atoms with E-state index >= 15 is 0 Å². The van der Waals surface area contributed by atoms with Gasteiger partial charge in [0.25, 0.3) is 0 Å². The molecule has 0 saturated heterocycles. The van der Waals surface area contributed by atoms with E-state index in [1.807, 2.05) is 6.07 Å². The van der Waals surface area contributed by atoms with E-state index in [2.05, 4.69) is 24.0 Å². The second-order valence-corrected chi connectivity index (χ2v) is 3.94. The molecule has 0 aliphatic heterocycles. The lowest BCUT2D eigenvalue weighted by atomic mass is 10.3. The van der Waals surface area contributed by atoms with Gasteiger partial charge in [-0.1, -0.05) is 0 Å². The van der Waals surface area contributed by atoms with Crippen LogP contribution in [0.3, 0.4) is 0 Å². The summed E-state index contributed by atoms with van der Waals surface area (Å²) < 4.78 is 10.6. The van der Waals surface area contributed by atoms with E-state index in [0.717, 1.165) is 30.9 Å². The number of hydrogen-bond donors (Lipinski definition) is 0. The van der Waals surface area contributed by atoms with Crippen LogP contribution >= 0.6 is 0 Å². The first-order valence-electron chi connectivity index (χ1n) is 5.43. The smallest absolute Gasteiger partial charge is 0.137 e. The van der Waals surface area contributed by atoms with Crippen LogP contribution in [0.25, 0.3) is 0 Å². The SMILES string of the molecule is COc1cncc(COCCCN(C)C)c1. The van der Waals surface area contributed by atoms with Gasteiger partial charge in [-0.3, -0.25) is 4.98 Å². The van der Waals surface area contributed by atoms with Gasteiger partial charge in [0.05, 0.1) is 19.9 Å². The molecule has 0 spiro atoms. The van der Waals surface area contributed by atoms with Gasteiger partial charge < -0.3 is 14.4 Å². The van der Waals surface area contributed by atoms with E-state index in [1.54, 1.807) is 19.5 Å². The standard InChI is InChI=1S/C12H20N2O2/c1-14(2)5-4-6-16-10-11-7-12(15-3)9-13-8-11/h7-9H,4-6,10H2,1-3H3. The number of rotatable bonds is 7. The Labute approximate surface area is 97.2 Å². The Hall–Kier alpha value is -1.13. The fourth-order valence-electron chi connectivity index (χ4n) is 1.33. The molecule has 16 heavy (non-hydrogen) atoms. The Bertz CT molecular complexity index is 303. The van der Waals surface area contributed by atoms with Crippen molar-refractivity contribution < 1.29 is 9.47 Å². The summed E-state index contributed by atoms with van der Waals surface area (Å²) in [6, 6.07) is 1.94. The summed E-state index contributed by atoms with van der Waals surface area (Å²) in [4.78, 5) is 6.22. The second kappa shape index (κ2) is 7.19. The Balaban J connectivity index is 2.21. The number of aromatic nitrogens is 1. The summed E-state index contributed by atoms with van der Waals surface area (Å²) in [5.41, 5.74) is 1.05. The second-order valence-electron chi connectivity index (χ2n) is 3.94. The maximum atomic E-state index is 5.55. The molecule has 1 rings (SSSR count). The Morgan fingerprint density at radius 1 is 1.31 bits per heavy atom. The molecular formula is C12H20N2O2. The number of nitrogens with zero attached hydrogens (tertiary/aromatic N) is 2.